The van der Waals surface area contributed by atoms with Crippen molar-refractivity contribution in [2.75, 3.05) is 20.3 Å². The Kier molecular flexibility index (Phi) is 7.92. The summed E-state index contributed by atoms with van der Waals surface area (Å²) in [6.07, 6.45) is 2.09. The number of hydrogen-bond donors (Lipinski definition) is 2. The highest BCUT2D eigenvalue weighted by molar-refractivity contribution is 5.81. The van der Waals surface area contributed by atoms with E-state index in [0.29, 0.717) is 13.2 Å². The molecule has 2 unspecified atom stereocenters. The van der Waals surface area contributed by atoms with Gasteiger partial charge in [0.2, 0.25) is 5.91 Å². The zero-order chi connectivity index (χ0) is 14.8. The summed E-state index contributed by atoms with van der Waals surface area (Å²) < 4.78 is 4.93. The molecule has 4 nitrogen and oxygen atoms in total. The number of methoxy groups -OCH3 is 1. The Morgan fingerprint density at radius 1 is 1.30 bits per heavy atom. The number of hydrogen-bond acceptors (Lipinski definition) is 3. The molecule has 4 heteroatoms. The zero-order valence-electron chi connectivity index (χ0n) is 12.7. The molecule has 0 fully saturated rings. The monoisotopic (exact) mass is 278 g/mol. The van der Waals surface area contributed by atoms with Crippen LogP contribution in [0.5, 0.6) is 0 Å². The molecule has 1 aromatic rings. The summed E-state index contributed by atoms with van der Waals surface area (Å²) in [6.45, 7) is 5.13. The first-order valence-electron chi connectivity index (χ1n) is 7.26. The Hall–Kier alpha value is -1.39. The van der Waals surface area contributed by atoms with Crippen LogP contribution in [0.2, 0.25) is 0 Å². The molecule has 2 atom stereocenters. The molecular weight excluding hydrogens is 252 g/mol. The molecule has 1 rings (SSSR count). The van der Waals surface area contributed by atoms with E-state index in [1.807, 2.05) is 25.1 Å². The summed E-state index contributed by atoms with van der Waals surface area (Å²) in [7, 11) is 1.63. The van der Waals surface area contributed by atoms with Crippen molar-refractivity contribution in [3.05, 3.63) is 35.9 Å². The third kappa shape index (κ3) is 5.72. The minimum absolute atomic E-state index is 0.0130. The van der Waals surface area contributed by atoms with Crippen LogP contribution >= 0.6 is 0 Å². The van der Waals surface area contributed by atoms with Crippen LogP contribution in [0.4, 0.5) is 0 Å². The molecule has 1 amide bonds. The van der Waals surface area contributed by atoms with Gasteiger partial charge in [0, 0.05) is 19.7 Å². The molecule has 2 N–H and O–H groups in total. The van der Waals surface area contributed by atoms with Crippen LogP contribution in [0.25, 0.3) is 0 Å². The summed E-state index contributed by atoms with van der Waals surface area (Å²) in [4.78, 5) is 12.0. The van der Waals surface area contributed by atoms with Gasteiger partial charge in [-0.25, -0.2) is 0 Å². The van der Waals surface area contributed by atoms with Crippen molar-refractivity contribution in [2.24, 2.45) is 0 Å². The molecule has 0 bridgehead atoms. The smallest absolute Gasteiger partial charge is 0.236 e. The summed E-state index contributed by atoms with van der Waals surface area (Å²) in [5, 5.41) is 6.26. The van der Waals surface area contributed by atoms with Gasteiger partial charge >= 0.3 is 0 Å². The Balaban J connectivity index is 2.55. The van der Waals surface area contributed by atoms with Gasteiger partial charge in [-0.3, -0.25) is 10.1 Å². The van der Waals surface area contributed by atoms with E-state index >= 15 is 0 Å². The van der Waals surface area contributed by atoms with Crippen molar-refractivity contribution in [1.29, 1.82) is 0 Å². The minimum atomic E-state index is -0.219. The summed E-state index contributed by atoms with van der Waals surface area (Å²) in [6, 6.07) is 10.3. The van der Waals surface area contributed by atoms with E-state index in [1.54, 1.807) is 7.11 Å². The van der Waals surface area contributed by atoms with Gasteiger partial charge < -0.3 is 10.1 Å². The highest BCUT2D eigenvalue weighted by atomic mass is 16.5. The van der Waals surface area contributed by atoms with Crippen molar-refractivity contribution in [3.63, 3.8) is 0 Å². The molecule has 0 heterocycles. The van der Waals surface area contributed by atoms with Crippen LogP contribution in [0.15, 0.2) is 30.3 Å². The number of carbonyl (C=O) groups is 1. The Morgan fingerprint density at radius 2 is 2.00 bits per heavy atom. The summed E-state index contributed by atoms with van der Waals surface area (Å²) >= 11 is 0. The second-order valence-corrected chi connectivity index (χ2v) is 4.92. The average molecular weight is 278 g/mol. The van der Waals surface area contributed by atoms with Crippen LogP contribution in [0, 0.1) is 0 Å². The fraction of sp³-hybridized carbons (Fsp3) is 0.562. The highest BCUT2D eigenvalue weighted by Gasteiger charge is 2.18. The van der Waals surface area contributed by atoms with Gasteiger partial charge in [0.25, 0.3) is 0 Å². The average Bonchev–Trinajstić information content (AvgIpc) is 2.47. The van der Waals surface area contributed by atoms with Gasteiger partial charge in [-0.2, -0.15) is 0 Å². The van der Waals surface area contributed by atoms with E-state index in [1.165, 1.54) is 5.56 Å². The predicted octanol–water partition coefficient (Wildman–Crippen LogP) is 2.27. The molecule has 0 radical (unpaired) electrons. The van der Waals surface area contributed by atoms with Gasteiger partial charge in [0.1, 0.15) is 0 Å². The van der Waals surface area contributed by atoms with Crippen molar-refractivity contribution < 1.29 is 9.53 Å². The zero-order valence-corrected chi connectivity index (χ0v) is 12.7. The Morgan fingerprint density at radius 3 is 2.60 bits per heavy atom. The highest BCUT2D eigenvalue weighted by Crippen LogP contribution is 2.18. The largest absolute Gasteiger partial charge is 0.383 e. The van der Waals surface area contributed by atoms with E-state index in [9.17, 15) is 4.79 Å². The maximum Gasteiger partial charge on any atom is 0.236 e. The second-order valence-electron chi connectivity index (χ2n) is 4.92. The van der Waals surface area contributed by atoms with Crippen LogP contribution in [0.1, 0.15) is 38.3 Å². The number of ether oxygens (including phenoxy) is 1. The molecule has 0 aliphatic carbocycles. The van der Waals surface area contributed by atoms with Crippen LogP contribution in [0.3, 0.4) is 0 Å². The number of benzene rings is 1. The first-order chi connectivity index (χ1) is 9.69. The lowest BCUT2D eigenvalue weighted by molar-refractivity contribution is -0.123. The van der Waals surface area contributed by atoms with E-state index in [2.05, 4.69) is 29.7 Å². The number of rotatable bonds is 9. The van der Waals surface area contributed by atoms with E-state index < -0.39 is 0 Å². The molecule has 1 aromatic carbocycles. The first-order valence-corrected chi connectivity index (χ1v) is 7.26. The third-order valence-electron chi connectivity index (χ3n) is 3.23. The Labute approximate surface area is 121 Å². The molecule has 0 aromatic heterocycles. The predicted molar refractivity (Wildman–Crippen MR) is 81.6 cm³/mol. The first kappa shape index (κ1) is 16.7. The normalized spacial score (nSPS) is 13.8. The van der Waals surface area contributed by atoms with Crippen LogP contribution < -0.4 is 10.6 Å². The molecule has 0 spiro atoms. The van der Waals surface area contributed by atoms with Crippen molar-refractivity contribution in [3.8, 4) is 0 Å². The fourth-order valence-corrected chi connectivity index (χ4v) is 2.13. The SMILES string of the molecule is CCCC(NC(C)C(=O)NCCOC)c1ccccc1. The topological polar surface area (TPSA) is 50.4 Å². The lowest BCUT2D eigenvalue weighted by Gasteiger charge is -2.23. The van der Waals surface area contributed by atoms with E-state index in [4.69, 9.17) is 4.74 Å². The molecule has 0 saturated carbocycles. The van der Waals surface area contributed by atoms with Crippen molar-refractivity contribution in [1.82, 2.24) is 10.6 Å². The molecule has 0 aliphatic heterocycles. The maximum absolute atomic E-state index is 12.0. The fourth-order valence-electron chi connectivity index (χ4n) is 2.13. The Bertz CT molecular complexity index is 381. The van der Waals surface area contributed by atoms with Gasteiger partial charge in [0.05, 0.1) is 12.6 Å². The van der Waals surface area contributed by atoms with Crippen molar-refractivity contribution in [2.45, 2.75) is 38.8 Å². The molecule has 112 valence electrons. The van der Waals surface area contributed by atoms with Gasteiger partial charge in [-0.1, -0.05) is 43.7 Å². The molecule has 20 heavy (non-hydrogen) atoms. The number of carbonyl (C=O) groups excluding carboxylic acids is 1. The number of nitrogens with one attached hydrogen (secondary N) is 2. The molecule has 0 saturated heterocycles. The van der Waals surface area contributed by atoms with E-state index in [-0.39, 0.29) is 18.0 Å². The number of amides is 1. The van der Waals surface area contributed by atoms with Crippen LogP contribution in [-0.4, -0.2) is 32.2 Å². The minimum Gasteiger partial charge on any atom is -0.383 e. The quantitative estimate of drug-likeness (QED) is 0.681. The van der Waals surface area contributed by atoms with Gasteiger partial charge in [0.15, 0.2) is 0 Å². The second kappa shape index (κ2) is 9.50. The third-order valence-corrected chi connectivity index (χ3v) is 3.23. The van der Waals surface area contributed by atoms with E-state index in [0.717, 1.165) is 12.8 Å². The van der Waals surface area contributed by atoms with Gasteiger partial charge in [-0.05, 0) is 18.9 Å². The maximum atomic E-state index is 12.0. The summed E-state index contributed by atoms with van der Waals surface area (Å²) in [5.41, 5.74) is 1.23. The van der Waals surface area contributed by atoms with Crippen molar-refractivity contribution >= 4 is 5.91 Å². The lowest BCUT2D eigenvalue weighted by Crippen LogP contribution is -2.44. The molecule has 0 aliphatic rings. The molecular formula is C16H26N2O2. The van der Waals surface area contributed by atoms with Crippen LogP contribution in [-0.2, 0) is 9.53 Å². The standard InChI is InChI=1S/C16H26N2O2/c1-4-8-15(14-9-6-5-7-10-14)18-13(2)16(19)17-11-12-20-3/h5-7,9-10,13,15,18H,4,8,11-12H2,1-3H3,(H,17,19). The summed E-state index contributed by atoms with van der Waals surface area (Å²) in [5.74, 6) is 0.0130. The lowest BCUT2D eigenvalue weighted by atomic mass is 10.0. The van der Waals surface area contributed by atoms with Gasteiger partial charge in [-0.15, -0.1) is 0 Å².